The Morgan fingerprint density at radius 1 is 0.920 bits per heavy atom. The van der Waals surface area contributed by atoms with E-state index in [1.165, 1.54) is 0 Å². The Morgan fingerprint density at radius 2 is 1.44 bits per heavy atom. The van der Waals surface area contributed by atoms with Crippen LogP contribution < -0.4 is 10.6 Å². The molecule has 5 nitrogen and oxygen atoms in total. The number of halogens is 2. The average Bonchev–Trinajstić information content (AvgIpc) is 2.52. The molecule has 7 heteroatoms. The second-order valence-corrected chi connectivity index (χ2v) is 8.23. The van der Waals surface area contributed by atoms with Crippen LogP contribution in [0.2, 0.25) is 0 Å². The molecule has 0 bridgehead atoms. The van der Waals surface area contributed by atoms with Crippen LogP contribution in [0.15, 0.2) is 45.3 Å². The number of rotatable bonds is 3. The molecule has 25 heavy (non-hydrogen) atoms. The maximum absolute atomic E-state index is 12.3. The zero-order chi connectivity index (χ0) is 18.8. The molecule has 0 atom stereocenters. The fourth-order valence-electron chi connectivity index (χ4n) is 1.86. The second-order valence-electron chi connectivity index (χ2n) is 6.52. The molecule has 0 radical (unpaired) electrons. The molecule has 2 aromatic carbocycles. The van der Waals surface area contributed by atoms with Crippen LogP contribution in [0.1, 0.15) is 31.1 Å². The maximum atomic E-state index is 12.3. The first-order chi connectivity index (χ1) is 11.6. The molecule has 0 aliphatic carbocycles. The molecule has 3 N–H and O–H groups in total. The number of carbonyl (C=O) groups is 2. The monoisotopic (exact) mass is 468 g/mol. The molecule has 132 valence electrons. The molecule has 0 unspecified atom stereocenters. The maximum Gasteiger partial charge on any atom is 0.255 e. The molecule has 2 aromatic rings. The van der Waals surface area contributed by atoms with Gasteiger partial charge in [0, 0.05) is 22.4 Å². The Labute approximate surface area is 163 Å². The normalized spacial score (nSPS) is 11.1. The first-order valence-electron chi connectivity index (χ1n) is 7.49. The van der Waals surface area contributed by atoms with E-state index in [1.54, 1.807) is 36.4 Å². The smallest absolute Gasteiger partial charge is 0.255 e. The Hall–Kier alpha value is -1.86. The number of phenols is 1. The summed E-state index contributed by atoms with van der Waals surface area (Å²) in [6, 6.07) is 9.85. The largest absolute Gasteiger partial charge is 0.506 e. The molecule has 0 saturated heterocycles. The summed E-state index contributed by atoms with van der Waals surface area (Å²) in [6.07, 6.45) is 0. The van der Waals surface area contributed by atoms with Crippen LogP contribution >= 0.6 is 31.9 Å². The lowest BCUT2D eigenvalue weighted by Crippen LogP contribution is -2.27. The summed E-state index contributed by atoms with van der Waals surface area (Å²) in [6.45, 7) is 5.49. The van der Waals surface area contributed by atoms with Gasteiger partial charge >= 0.3 is 0 Å². The fraction of sp³-hybridized carbons (Fsp3) is 0.222. The van der Waals surface area contributed by atoms with Crippen molar-refractivity contribution in [1.82, 2.24) is 0 Å². The van der Waals surface area contributed by atoms with Crippen molar-refractivity contribution >= 4 is 55.0 Å². The van der Waals surface area contributed by atoms with E-state index in [0.29, 0.717) is 25.9 Å². The number of carbonyl (C=O) groups excluding carboxylic acids is 2. The quantitative estimate of drug-likeness (QED) is 0.543. The number of hydrogen-bond acceptors (Lipinski definition) is 3. The lowest BCUT2D eigenvalue weighted by atomic mass is 9.95. The van der Waals surface area contributed by atoms with Gasteiger partial charge in [-0.1, -0.05) is 20.8 Å². The lowest BCUT2D eigenvalue weighted by Gasteiger charge is -2.17. The standard InChI is InChI=1S/C18H18Br2N2O3/c1-18(2,3)17(25)22-11-6-4-10(5-7-11)16(24)21-12-8-13(19)15(23)14(20)9-12/h4-9,23H,1-3H3,(H,21,24)(H,22,25). The van der Waals surface area contributed by atoms with E-state index in [0.717, 1.165) is 0 Å². The average molecular weight is 470 g/mol. The van der Waals surface area contributed by atoms with E-state index >= 15 is 0 Å². The van der Waals surface area contributed by atoms with Crippen molar-refractivity contribution in [2.75, 3.05) is 10.6 Å². The van der Waals surface area contributed by atoms with Crippen LogP contribution in [0.3, 0.4) is 0 Å². The van der Waals surface area contributed by atoms with Gasteiger partial charge in [-0.25, -0.2) is 0 Å². The highest BCUT2D eigenvalue weighted by Gasteiger charge is 2.21. The van der Waals surface area contributed by atoms with E-state index < -0.39 is 5.41 Å². The van der Waals surface area contributed by atoms with E-state index in [-0.39, 0.29) is 17.6 Å². The first kappa shape index (κ1) is 19.5. The number of amides is 2. The molecule has 2 amide bonds. The summed E-state index contributed by atoms with van der Waals surface area (Å²) in [7, 11) is 0. The van der Waals surface area contributed by atoms with Gasteiger partial charge in [0.05, 0.1) is 8.95 Å². The van der Waals surface area contributed by atoms with Crippen molar-refractivity contribution in [3.8, 4) is 5.75 Å². The molecule has 0 fully saturated rings. The zero-order valence-electron chi connectivity index (χ0n) is 14.0. The van der Waals surface area contributed by atoms with E-state index in [4.69, 9.17) is 0 Å². The third-order valence-corrected chi connectivity index (χ3v) is 4.57. The van der Waals surface area contributed by atoms with E-state index in [9.17, 15) is 14.7 Å². The number of benzene rings is 2. The number of aromatic hydroxyl groups is 1. The Kier molecular flexibility index (Phi) is 5.90. The van der Waals surface area contributed by atoms with Crippen molar-refractivity contribution < 1.29 is 14.7 Å². The highest BCUT2D eigenvalue weighted by molar-refractivity contribution is 9.11. The highest BCUT2D eigenvalue weighted by atomic mass is 79.9. The molecule has 0 aliphatic heterocycles. The van der Waals surface area contributed by atoms with Crippen molar-refractivity contribution in [2.45, 2.75) is 20.8 Å². The van der Waals surface area contributed by atoms with Gasteiger partial charge in [0.2, 0.25) is 5.91 Å². The zero-order valence-corrected chi connectivity index (χ0v) is 17.2. The number of phenolic OH excluding ortho intramolecular Hbond substituents is 1. The molecular weight excluding hydrogens is 452 g/mol. The molecule has 2 rings (SSSR count). The van der Waals surface area contributed by atoms with Crippen LogP contribution in [-0.4, -0.2) is 16.9 Å². The number of nitrogens with one attached hydrogen (secondary N) is 2. The number of hydrogen-bond donors (Lipinski definition) is 3. The third-order valence-electron chi connectivity index (χ3n) is 3.36. The Bertz CT molecular complexity index is 789. The van der Waals surface area contributed by atoms with Crippen molar-refractivity contribution in [3.63, 3.8) is 0 Å². The molecule has 0 heterocycles. The van der Waals surface area contributed by atoms with Gasteiger partial charge in [0.25, 0.3) is 5.91 Å². The molecular formula is C18H18Br2N2O3. The van der Waals surface area contributed by atoms with Gasteiger partial charge in [-0.2, -0.15) is 0 Å². The van der Waals surface area contributed by atoms with Crippen molar-refractivity contribution in [1.29, 1.82) is 0 Å². The van der Waals surface area contributed by atoms with Crippen LogP contribution in [0.25, 0.3) is 0 Å². The summed E-state index contributed by atoms with van der Waals surface area (Å²) >= 11 is 6.44. The van der Waals surface area contributed by atoms with Gasteiger partial charge < -0.3 is 15.7 Å². The minimum Gasteiger partial charge on any atom is -0.506 e. The van der Waals surface area contributed by atoms with Crippen LogP contribution in [0, 0.1) is 5.41 Å². The van der Waals surface area contributed by atoms with Gasteiger partial charge in [0.15, 0.2) is 0 Å². The van der Waals surface area contributed by atoms with Gasteiger partial charge in [-0.05, 0) is 68.3 Å². The van der Waals surface area contributed by atoms with Crippen LogP contribution in [0.4, 0.5) is 11.4 Å². The van der Waals surface area contributed by atoms with Crippen LogP contribution in [0.5, 0.6) is 5.75 Å². The van der Waals surface area contributed by atoms with Crippen molar-refractivity contribution in [3.05, 3.63) is 50.9 Å². The first-order valence-corrected chi connectivity index (χ1v) is 9.07. The van der Waals surface area contributed by atoms with E-state index in [1.807, 2.05) is 20.8 Å². The minimum atomic E-state index is -0.490. The lowest BCUT2D eigenvalue weighted by molar-refractivity contribution is -0.123. The summed E-state index contributed by atoms with van der Waals surface area (Å²) in [5, 5.41) is 15.3. The highest BCUT2D eigenvalue weighted by Crippen LogP contribution is 2.35. The summed E-state index contributed by atoms with van der Waals surface area (Å²) in [5.74, 6) is -0.321. The minimum absolute atomic E-state index is 0.0666. The topological polar surface area (TPSA) is 78.4 Å². The summed E-state index contributed by atoms with van der Waals surface area (Å²) in [5.41, 5.74) is 1.13. The predicted molar refractivity (Wildman–Crippen MR) is 106 cm³/mol. The fourth-order valence-corrected chi connectivity index (χ4v) is 3.05. The molecule has 0 aliphatic rings. The Morgan fingerprint density at radius 3 is 1.92 bits per heavy atom. The van der Waals surface area contributed by atoms with E-state index in [2.05, 4.69) is 42.5 Å². The third kappa shape index (κ3) is 5.06. The predicted octanol–water partition coefficient (Wildman–Crippen LogP) is 5.15. The van der Waals surface area contributed by atoms with Gasteiger partial charge in [0.1, 0.15) is 5.75 Å². The molecule has 0 spiro atoms. The molecule has 0 aromatic heterocycles. The number of anilines is 2. The van der Waals surface area contributed by atoms with Crippen LogP contribution in [-0.2, 0) is 4.79 Å². The van der Waals surface area contributed by atoms with Gasteiger partial charge in [-0.15, -0.1) is 0 Å². The summed E-state index contributed by atoms with van der Waals surface area (Å²) < 4.78 is 0.940. The van der Waals surface area contributed by atoms with Crippen molar-refractivity contribution in [2.24, 2.45) is 5.41 Å². The SMILES string of the molecule is CC(C)(C)C(=O)Nc1ccc(C(=O)Nc2cc(Br)c(O)c(Br)c2)cc1. The summed E-state index contributed by atoms with van der Waals surface area (Å²) in [4.78, 5) is 24.3. The Balaban J connectivity index is 2.09. The molecule has 0 saturated carbocycles. The van der Waals surface area contributed by atoms with Gasteiger partial charge in [-0.3, -0.25) is 9.59 Å². The second kappa shape index (κ2) is 7.58.